The lowest BCUT2D eigenvalue weighted by atomic mass is 10.3. The quantitative estimate of drug-likeness (QED) is 0.781. The molecule has 0 radical (unpaired) electrons. The molecular formula is C14H16Cl2N2O2. The van der Waals surface area contributed by atoms with E-state index in [1.165, 1.54) is 0 Å². The van der Waals surface area contributed by atoms with Crippen LogP contribution in [0.4, 0.5) is 0 Å². The summed E-state index contributed by atoms with van der Waals surface area (Å²) in [5.41, 5.74) is 0. The number of amides is 1. The van der Waals surface area contributed by atoms with Gasteiger partial charge >= 0.3 is 0 Å². The third kappa shape index (κ3) is 3.87. The SMILES string of the molecule is CC1=NCCN1C(=O)CCCOc1ccc(Cl)cc1Cl. The van der Waals surface area contributed by atoms with E-state index in [1.54, 1.807) is 23.1 Å². The van der Waals surface area contributed by atoms with Gasteiger partial charge in [-0.2, -0.15) is 0 Å². The standard InChI is InChI=1S/C14H16Cl2N2O2/c1-10-17-6-7-18(10)14(19)3-2-8-20-13-5-4-11(15)9-12(13)16/h4-5,9H,2-3,6-8H2,1H3. The molecule has 0 aliphatic carbocycles. The molecule has 0 atom stereocenters. The number of halogens is 2. The molecule has 4 nitrogen and oxygen atoms in total. The van der Waals surface area contributed by atoms with E-state index in [4.69, 9.17) is 27.9 Å². The molecular weight excluding hydrogens is 299 g/mol. The topological polar surface area (TPSA) is 41.9 Å². The number of rotatable bonds is 5. The van der Waals surface area contributed by atoms with Crippen molar-refractivity contribution in [2.24, 2.45) is 4.99 Å². The summed E-state index contributed by atoms with van der Waals surface area (Å²) in [5.74, 6) is 1.48. The first-order valence-corrected chi connectivity index (χ1v) is 7.23. The van der Waals surface area contributed by atoms with Crippen LogP contribution in [0.2, 0.25) is 10.0 Å². The Bertz CT molecular complexity index is 532. The lowest BCUT2D eigenvalue weighted by Crippen LogP contribution is -2.32. The largest absolute Gasteiger partial charge is 0.492 e. The van der Waals surface area contributed by atoms with Crippen LogP contribution < -0.4 is 4.74 Å². The molecule has 0 spiro atoms. The Labute approximate surface area is 128 Å². The van der Waals surface area contributed by atoms with E-state index in [-0.39, 0.29) is 5.91 Å². The highest BCUT2D eigenvalue weighted by Crippen LogP contribution is 2.27. The molecule has 1 amide bonds. The van der Waals surface area contributed by atoms with Gasteiger partial charge in [-0.25, -0.2) is 0 Å². The number of nitrogens with zero attached hydrogens (tertiary/aromatic N) is 2. The highest BCUT2D eigenvalue weighted by molar-refractivity contribution is 6.35. The van der Waals surface area contributed by atoms with Crippen LogP contribution in [-0.2, 0) is 4.79 Å². The summed E-state index contributed by atoms with van der Waals surface area (Å²) in [6, 6.07) is 5.08. The molecule has 0 N–H and O–H groups in total. The number of aliphatic imine (C=N–C) groups is 1. The van der Waals surface area contributed by atoms with Gasteiger partial charge in [0.15, 0.2) is 0 Å². The monoisotopic (exact) mass is 314 g/mol. The summed E-state index contributed by atoms with van der Waals surface area (Å²) in [6.45, 7) is 3.69. The van der Waals surface area contributed by atoms with E-state index in [0.717, 1.165) is 5.84 Å². The molecule has 0 fully saturated rings. The van der Waals surface area contributed by atoms with Gasteiger partial charge in [0.25, 0.3) is 0 Å². The molecule has 1 aromatic carbocycles. The van der Waals surface area contributed by atoms with E-state index in [0.29, 0.717) is 48.3 Å². The van der Waals surface area contributed by atoms with Gasteiger partial charge in [-0.3, -0.25) is 14.7 Å². The summed E-state index contributed by atoms with van der Waals surface area (Å²) < 4.78 is 5.54. The predicted octanol–water partition coefficient (Wildman–Crippen LogP) is 3.41. The fraction of sp³-hybridized carbons (Fsp3) is 0.429. The number of ether oxygens (including phenoxy) is 1. The lowest BCUT2D eigenvalue weighted by Gasteiger charge is -2.15. The molecule has 1 heterocycles. The Morgan fingerprint density at radius 2 is 2.25 bits per heavy atom. The van der Waals surface area contributed by atoms with Crippen LogP contribution in [0.25, 0.3) is 0 Å². The van der Waals surface area contributed by atoms with Crippen molar-refractivity contribution in [2.75, 3.05) is 19.7 Å². The Kier molecular flexibility index (Phi) is 5.26. The summed E-state index contributed by atoms with van der Waals surface area (Å²) in [5, 5.41) is 1.05. The first-order valence-electron chi connectivity index (χ1n) is 6.47. The number of carbonyl (C=O) groups excluding carboxylic acids is 1. The molecule has 6 heteroatoms. The molecule has 0 saturated carbocycles. The van der Waals surface area contributed by atoms with Gasteiger partial charge in [0.1, 0.15) is 11.6 Å². The third-order valence-corrected chi connectivity index (χ3v) is 3.57. The van der Waals surface area contributed by atoms with Crippen molar-refractivity contribution < 1.29 is 9.53 Å². The molecule has 1 aromatic rings. The second kappa shape index (κ2) is 6.95. The maximum absolute atomic E-state index is 11.9. The molecule has 108 valence electrons. The zero-order valence-corrected chi connectivity index (χ0v) is 12.7. The van der Waals surface area contributed by atoms with Gasteiger partial charge in [0, 0.05) is 18.0 Å². The van der Waals surface area contributed by atoms with E-state index < -0.39 is 0 Å². The van der Waals surface area contributed by atoms with Crippen LogP contribution in [0.3, 0.4) is 0 Å². The third-order valence-electron chi connectivity index (χ3n) is 3.04. The van der Waals surface area contributed by atoms with Gasteiger partial charge in [-0.1, -0.05) is 23.2 Å². The highest BCUT2D eigenvalue weighted by atomic mass is 35.5. The van der Waals surface area contributed by atoms with Crippen LogP contribution in [0.15, 0.2) is 23.2 Å². The van der Waals surface area contributed by atoms with Crippen molar-refractivity contribution in [1.82, 2.24) is 4.90 Å². The van der Waals surface area contributed by atoms with E-state index in [1.807, 2.05) is 6.92 Å². The zero-order valence-electron chi connectivity index (χ0n) is 11.2. The van der Waals surface area contributed by atoms with Gasteiger partial charge in [-0.15, -0.1) is 0 Å². The first-order chi connectivity index (χ1) is 9.58. The fourth-order valence-corrected chi connectivity index (χ4v) is 2.46. The molecule has 20 heavy (non-hydrogen) atoms. The van der Waals surface area contributed by atoms with Crippen LogP contribution in [0.5, 0.6) is 5.75 Å². The van der Waals surface area contributed by atoms with Crippen LogP contribution >= 0.6 is 23.2 Å². The van der Waals surface area contributed by atoms with Crippen molar-refractivity contribution in [3.63, 3.8) is 0 Å². The van der Waals surface area contributed by atoms with E-state index in [9.17, 15) is 4.79 Å². The molecule has 1 aliphatic rings. The van der Waals surface area contributed by atoms with Gasteiger partial charge in [-0.05, 0) is 31.5 Å². The van der Waals surface area contributed by atoms with Gasteiger partial charge < -0.3 is 4.74 Å². The minimum absolute atomic E-state index is 0.0922. The van der Waals surface area contributed by atoms with Gasteiger partial charge in [0.2, 0.25) is 5.91 Å². The average Bonchev–Trinajstić information content (AvgIpc) is 2.83. The molecule has 0 unspecified atom stereocenters. The minimum atomic E-state index is 0.0922. The zero-order chi connectivity index (χ0) is 14.5. The van der Waals surface area contributed by atoms with Crippen molar-refractivity contribution in [2.45, 2.75) is 19.8 Å². The number of hydrogen-bond acceptors (Lipinski definition) is 3. The summed E-state index contributed by atoms with van der Waals surface area (Å²) in [4.78, 5) is 17.8. The summed E-state index contributed by atoms with van der Waals surface area (Å²) >= 11 is 11.8. The Balaban J connectivity index is 1.74. The smallest absolute Gasteiger partial charge is 0.228 e. The van der Waals surface area contributed by atoms with Crippen molar-refractivity contribution >= 4 is 34.9 Å². The van der Waals surface area contributed by atoms with Crippen molar-refractivity contribution in [1.29, 1.82) is 0 Å². The van der Waals surface area contributed by atoms with E-state index in [2.05, 4.69) is 4.99 Å². The second-order valence-corrected chi connectivity index (χ2v) is 5.34. The summed E-state index contributed by atoms with van der Waals surface area (Å²) in [7, 11) is 0. The first kappa shape index (κ1) is 15.1. The Hall–Kier alpha value is -1.26. The predicted molar refractivity (Wildman–Crippen MR) is 80.9 cm³/mol. The number of hydrogen-bond donors (Lipinski definition) is 0. The van der Waals surface area contributed by atoms with Crippen molar-refractivity contribution in [3.05, 3.63) is 28.2 Å². The van der Waals surface area contributed by atoms with Crippen LogP contribution in [0, 0.1) is 0 Å². The highest BCUT2D eigenvalue weighted by Gasteiger charge is 2.19. The van der Waals surface area contributed by atoms with Crippen molar-refractivity contribution in [3.8, 4) is 5.75 Å². The molecule has 0 aromatic heterocycles. The minimum Gasteiger partial charge on any atom is -0.492 e. The van der Waals surface area contributed by atoms with Crippen LogP contribution in [-0.4, -0.2) is 36.3 Å². The molecule has 1 aliphatic heterocycles. The Morgan fingerprint density at radius 3 is 2.90 bits per heavy atom. The summed E-state index contributed by atoms with van der Waals surface area (Å²) in [6.07, 6.45) is 1.08. The second-order valence-electron chi connectivity index (χ2n) is 4.50. The number of amidine groups is 1. The van der Waals surface area contributed by atoms with E-state index >= 15 is 0 Å². The lowest BCUT2D eigenvalue weighted by molar-refractivity contribution is -0.127. The normalized spacial score (nSPS) is 14.3. The number of benzene rings is 1. The molecule has 0 saturated heterocycles. The number of carbonyl (C=O) groups is 1. The van der Waals surface area contributed by atoms with Crippen LogP contribution in [0.1, 0.15) is 19.8 Å². The maximum Gasteiger partial charge on any atom is 0.228 e. The molecule has 2 rings (SSSR count). The Morgan fingerprint density at radius 1 is 1.45 bits per heavy atom. The maximum atomic E-state index is 11.9. The molecule has 0 bridgehead atoms. The van der Waals surface area contributed by atoms with Gasteiger partial charge in [0.05, 0.1) is 18.2 Å². The average molecular weight is 315 g/mol. The fourth-order valence-electron chi connectivity index (χ4n) is 2.00.